The van der Waals surface area contributed by atoms with Crippen LogP contribution >= 0.6 is 21.5 Å². The molecule has 33 heavy (non-hydrogen) atoms. The van der Waals surface area contributed by atoms with Gasteiger partial charge in [-0.3, -0.25) is 0 Å². The first kappa shape index (κ1) is 28.1. The van der Waals surface area contributed by atoms with E-state index in [0.29, 0.717) is 0 Å². The number of halogens is 2. The summed E-state index contributed by atoms with van der Waals surface area (Å²) in [5.74, 6) is 0. The number of aromatic nitrogens is 2. The van der Waals surface area contributed by atoms with E-state index in [0.717, 1.165) is 10.8 Å². The molecule has 1 aliphatic rings. The van der Waals surface area contributed by atoms with Crippen molar-refractivity contribution < 1.29 is 50.7 Å². The Balaban J connectivity index is 2.19. The molecule has 1 fully saturated rings. The molecule has 2 rings (SSSR count). The van der Waals surface area contributed by atoms with Gasteiger partial charge in [0.15, 0.2) is 0 Å². The van der Waals surface area contributed by atoms with Gasteiger partial charge in [0, 0.05) is 0 Å². The summed E-state index contributed by atoms with van der Waals surface area (Å²) < 4.78 is 76.8. The number of nitrogens with zero attached hydrogens (tertiary/aromatic N) is 4. The fourth-order valence-electron chi connectivity index (χ4n) is 2.56. The zero-order valence-corrected chi connectivity index (χ0v) is 20.5. The number of aryl methyl sites for hydroxylation is 1. The van der Waals surface area contributed by atoms with Gasteiger partial charge in [0.1, 0.15) is 0 Å². The minimum absolute atomic E-state index is 0.142. The first-order valence-electron chi connectivity index (χ1n) is 8.37. The monoisotopic (exact) mass is 604 g/mol. The topological polar surface area (TPSA) is 243 Å². The summed E-state index contributed by atoms with van der Waals surface area (Å²) in [7, 11) is -13.0. The van der Waals surface area contributed by atoms with Crippen molar-refractivity contribution in [2.45, 2.75) is 37.1 Å². The number of azide groups is 1. The van der Waals surface area contributed by atoms with Crippen molar-refractivity contribution >= 4 is 37.0 Å². The zero-order valence-electron chi connectivity index (χ0n) is 16.1. The average Bonchev–Trinajstić information content (AvgIpc) is 3.04. The normalized spacial score (nSPS) is 25.1. The zero-order chi connectivity index (χ0) is 25.4. The Morgan fingerprint density at radius 2 is 2.00 bits per heavy atom. The van der Waals surface area contributed by atoms with Crippen LogP contribution in [0.25, 0.3) is 10.4 Å². The van der Waals surface area contributed by atoms with E-state index in [2.05, 4.69) is 14.3 Å². The molecule has 0 bridgehead atoms. The SMILES string of the molecule is Cc1cn([C@H]2C[C@H](N=[N+]=[N-])[C@@H](CO[P@@](=O)([Se-])OP(=O)(O)C(F)(F)P(=O)(O)O)O2)c(=O)[nH]c1=O. The van der Waals surface area contributed by atoms with Crippen LogP contribution in [0.4, 0.5) is 8.78 Å². The van der Waals surface area contributed by atoms with Crippen molar-refractivity contribution in [3.63, 3.8) is 0 Å². The van der Waals surface area contributed by atoms with Gasteiger partial charge >= 0.3 is 189 Å². The van der Waals surface area contributed by atoms with Crippen LogP contribution in [-0.4, -0.2) is 64.0 Å². The van der Waals surface area contributed by atoms with E-state index in [1.54, 1.807) is 15.6 Å². The van der Waals surface area contributed by atoms with Crippen LogP contribution in [0.2, 0.25) is 0 Å². The van der Waals surface area contributed by atoms with Gasteiger partial charge in [0.05, 0.1) is 0 Å². The fraction of sp³-hybridized carbons (Fsp3) is 0.636. The maximum atomic E-state index is 13.6. The molecule has 0 spiro atoms. The van der Waals surface area contributed by atoms with Gasteiger partial charge in [-0.15, -0.1) is 0 Å². The molecule has 0 aromatic carbocycles. The van der Waals surface area contributed by atoms with E-state index in [9.17, 15) is 37.0 Å². The van der Waals surface area contributed by atoms with Crippen LogP contribution in [0.15, 0.2) is 20.9 Å². The first-order valence-corrected chi connectivity index (χ1v) is 15.3. The van der Waals surface area contributed by atoms with Gasteiger partial charge < -0.3 is 0 Å². The van der Waals surface area contributed by atoms with Gasteiger partial charge in [0.25, 0.3) is 0 Å². The molecule has 1 aromatic heterocycles. The summed E-state index contributed by atoms with van der Waals surface area (Å²) in [5, 5.41) is -2.17. The van der Waals surface area contributed by atoms with Crippen LogP contribution in [0, 0.1) is 6.92 Å². The summed E-state index contributed by atoms with van der Waals surface area (Å²) in [6.07, 6.45) is -6.36. The van der Waals surface area contributed by atoms with E-state index >= 15 is 0 Å². The van der Waals surface area contributed by atoms with Gasteiger partial charge in [-0.05, 0) is 0 Å². The van der Waals surface area contributed by atoms with Crippen molar-refractivity contribution in [3.8, 4) is 0 Å². The Morgan fingerprint density at radius 1 is 1.39 bits per heavy atom. The standard InChI is InChI=1S/C11H16F2N5O11P3Se/c1-5-3-18(10(20)15-9(5)19)8-2-6(16-17-14)7(28-8)4-27-32(26,33)29-31(24,25)11(12,13)30(21,22)23/h3,6-8H,2,4H2,1H3,(H,24,25)(H,26,33)(H,15,19,20)(H2,21,22,23)/p-1/t6-,7+,8+,32+/m0/s1. The van der Waals surface area contributed by atoms with Crippen LogP contribution in [-0.2, 0) is 27.3 Å². The second-order valence-electron chi connectivity index (χ2n) is 6.51. The summed E-state index contributed by atoms with van der Waals surface area (Å²) in [6, 6.07) is -1.07. The molecule has 0 aliphatic carbocycles. The summed E-state index contributed by atoms with van der Waals surface area (Å²) in [4.78, 5) is 54.5. The van der Waals surface area contributed by atoms with Crippen LogP contribution in [0.1, 0.15) is 18.2 Å². The molecule has 0 saturated carbocycles. The second kappa shape index (κ2) is 9.82. The molecule has 186 valence electrons. The molecule has 4 N–H and O–H groups in total. The van der Waals surface area contributed by atoms with Crippen molar-refractivity contribution in [2.75, 3.05) is 6.61 Å². The minimum atomic E-state index is -6.52. The molecule has 1 aliphatic heterocycles. The Morgan fingerprint density at radius 3 is 2.55 bits per heavy atom. The number of aromatic amines is 1. The Hall–Kier alpha value is -1.18. The number of alkyl halides is 2. The predicted octanol–water partition coefficient (Wildman–Crippen LogP) is 1.03. The van der Waals surface area contributed by atoms with Crippen molar-refractivity contribution in [2.24, 2.45) is 5.11 Å². The molecule has 0 amide bonds. The van der Waals surface area contributed by atoms with E-state index in [1.807, 2.05) is 4.98 Å². The molecule has 5 atom stereocenters. The first-order chi connectivity index (χ1) is 14.9. The van der Waals surface area contributed by atoms with E-state index < -0.39 is 63.1 Å². The van der Waals surface area contributed by atoms with Crippen molar-refractivity contribution in [3.05, 3.63) is 43.0 Å². The maximum absolute atomic E-state index is 13.6. The number of hydrogen-bond acceptors (Lipinski definition) is 9. The summed E-state index contributed by atoms with van der Waals surface area (Å²) >= 11 is 1.61. The van der Waals surface area contributed by atoms with Gasteiger partial charge in [-0.25, -0.2) is 0 Å². The van der Waals surface area contributed by atoms with Crippen LogP contribution < -0.4 is 11.2 Å². The van der Waals surface area contributed by atoms with Gasteiger partial charge in [-0.2, -0.15) is 0 Å². The number of H-pyrrole nitrogens is 1. The van der Waals surface area contributed by atoms with Crippen LogP contribution in [0.5, 0.6) is 0 Å². The third kappa shape index (κ3) is 6.28. The number of ether oxygens (including phenoxy) is 1. The number of rotatable bonds is 9. The molecule has 1 unspecified atom stereocenters. The van der Waals surface area contributed by atoms with Crippen LogP contribution in [0.3, 0.4) is 0 Å². The quantitative estimate of drug-likeness (QED) is 0.102. The Bertz CT molecular complexity index is 1230. The molecule has 1 saturated heterocycles. The molecule has 1 aromatic rings. The summed E-state index contributed by atoms with van der Waals surface area (Å²) in [6.45, 7) is 0.541. The van der Waals surface area contributed by atoms with E-state index in [-0.39, 0.29) is 12.0 Å². The summed E-state index contributed by atoms with van der Waals surface area (Å²) in [5.41, 5.74) is 7.34. The Labute approximate surface area is 189 Å². The molecular formula is C11H15F2N5O11P3Se-. The fourth-order valence-corrected chi connectivity index (χ4v) is 8.29. The number of hydrogen-bond donors (Lipinski definition) is 4. The Kier molecular flexibility index (Phi) is 8.35. The molecule has 0 radical (unpaired) electrons. The second-order valence-corrected chi connectivity index (χ2v) is 14.7. The average molecular weight is 603 g/mol. The molecule has 22 heteroatoms. The van der Waals surface area contributed by atoms with Crippen molar-refractivity contribution in [1.29, 1.82) is 0 Å². The molecule has 16 nitrogen and oxygen atoms in total. The van der Waals surface area contributed by atoms with Gasteiger partial charge in [-0.1, -0.05) is 0 Å². The van der Waals surface area contributed by atoms with Gasteiger partial charge in [0.2, 0.25) is 0 Å². The third-order valence-electron chi connectivity index (χ3n) is 4.16. The van der Waals surface area contributed by atoms with Crippen molar-refractivity contribution in [1.82, 2.24) is 9.55 Å². The molecule has 2 heterocycles. The van der Waals surface area contributed by atoms with E-state index in [4.69, 9.17) is 24.6 Å². The molecular weight excluding hydrogens is 588 g/mol. The predicted molar refractivity (Wildman–Crippen MR) is 105 cm³/mol. The number of nitrogens with one attached hydrogen (secondary N) is 1. The van der Waals surface area contributed by atoms with E-state index in [1.165, 1.54) is 6.92 Å². The third-order valence-corrected chi connectivity index (χ3v) is 11.2.